The first-order valence-electron chi connectivity index (χ1n) is 8.16. The van der Waals surface area contributed by atoms with Crippen molar-refractivity contribution in [1.29, 1.82) is 0 Å². The molecule has 4 rings (SSSR count). The van der Waals surface area contributed by atoms with E-state index in [0.29, 0.717) is 32.8 Å². The van der Waals surface area contributed by atoms with Gasteiger partial charge in [0.2, 0.25) is 5.78 Å². The van der Waals surface area contributed by atoms with Crippen LogP contribution in [0, 0.1) is 0 Å². The SMILES string of the molecule is O=C(Nc1c(C(=O)c2ccc(Cl)cc2)oc2ccccc12)c1cccnc1. The summed E-state index contributed by atoms with van der Waals surface area (Å²) in [5, 5.41) is 3.97. The summed E-state index contributed by atoms with van der Waals surface area (Å²) in [5.74, 6) is -0.653. The number of aromatic nitrogens is 1. The van der Waals surface area contributed by atoms with Crippen LogP contribution in [0.1, 0.15) is 26.5 Å². The lowest BCUT2D eigenvalue weighted by molar-refractivity contribution is 0.101. The molecule has 0 spiro atoms. The molecule has 6 heteroatoms. The molecule has 0 atom stereocenters. The molecule has 132 valence electrons. The third-order valence-electron chi connectivity index (χ3n) is 4.07. The van der Waals surface area contributed by atoms with Crippen LogP contribution in [0.5, 0.6) is 0 Å². The van der Waals surface area contributed by atoms with Crippen LogP contribution in [0.2, 0.25) is 5.02 Å². The fraction of sp³-hybridized carbons (Fsp3) is 0. The Morgan fingerprint density at radius 1 is 0.926 bits per heavy atom. The lowest BCUT2D eigenvalue weighted by Gasteiger charge is -2.06. The zero-order valence-corrected chi connectivity index (χ0v) is 14.7. The first kappa shape index (κ1) is 17.0. The average Bonchev–Trinajstić information content (AvgIpc) is 3.07. The predicted molar refractivity (Wildman–Crippen MR) is 103 cm³/mol. The topological polar surface area (TPSA) is 72.2 Å². The molecule has 0 aliphatic heterocycles. The number of ketones is 1. The summed E-state index contributed by atoms with van der Waals surface area (Å²) in [4.78, 5) is 29.5. The van der Waals surface area contributed by atoms with Crippen LogP contribution in [-0.2, 0) is 0 Å². The van der Waals surface area contributed by atoms with Crippen molar-refractivity contribution in [2.45, 2.75) is 0 Å². The molecular weight excluding hydrogens is 364 g/mol. The van der Waals surface area contributed by atoms with Crippen molar-refractivity contribution >= 4 is 39.9 Å². The summed E-state index contributed by atoms with van der Waals surface area (Å²) < 4.78 is 5.77. The van der Waals surface area contributed by atoms with E-state index < -0.39 is 0 Å². The minimum Gasteiger partial charge on any atom is -0.450 e. The number of anilines is 1. The monoisotopic (exact) mass is 376 g/mol. The maximum absolute atomic E-state index is 13.0. The molecule has 0 fully saturated rings. The van der Waals surface area contributed by atoms with Gasteiger partial charge in [0.25, 0.3) is 5.91 Å². The van der Waals surface area contributed by atoms with Crippen LogP contribution in [-0.4, -0.2) is 16.7 Å². The van der Waals surface area contributed by atoms with Crippen LogP contribution in [0.4, 0.5) is 5.69 Å². The number of hydrogen-bond acceptors (Lipinski definition) is 4. The molecule has 0 aliphatic rings. The Balaban J connectivity index is 1.79. The molecule has 0 saturated heterocycles. The Morgan fingerprint density at radius 3 is 2.44 bits per heavy atom. The smallest absolute Gasteiger partial charge is 0.257 e. The number of amides is 1. The van der Waals surface area contributed by atoms with Crippen LogP contribution in [0.25, 0.3) is 11.0 Å². The lowest BCUT2D eigenvalue weighted by atomic mass is 10.1. The van der Waals surface area contributed by atoms with Gasteiger partial charge in [-0.1, -0.05) is 23.7 Å². The normalized spacial score (nSPS) is 10.7. The van der Waals surface area contributed by atoms with Crippen molar-refractivity contribution in [3.8, 4) is 0 Å². The highest BCUT2D eigenvalue weighted by molar-refractivity contribution is 6.30. The highest BCUT2D eigenvalue weighted by atomic mass is 35.5. The third-order valence-corrected chi connectivity index (χ3v) is 4.32. The number of pyridine rings is 1. The number of benzene rings is 2. The Hall–Kier alpha value is -3.44. The fourth-order valence-corrected chi connectivity index (χ4v) is 2.87. The molecule has 0 bridgehead atoms. The van der Waals surface area contributed by atoms with E-state index in [1.807, 2.05) is 6.07 Å². The van der Waals surface area contributed by atoms with Crippen LogP contribution in [0.3, 0.4) is 0 Å². The van der Waals surface area contributed by atoms with Gasteiger partial charge in [-0.25, -0.2) is 0 Å². The second kappa shape index (κ2) is 7.05. The van der Waals surface area contributed by atoms with E-state index in [9.17, 15) is 9.59 Å². The van der Waals surface area contributed by atoms with Gasteiger partial charge in [0.05, 0.1) is 11.3 Å². The molecule has 0 radical (unpaired) electrons. The van der Waals surface area contributed by atoms with Crippen LogP contribution in [0.15, 0.2) is 77.5 Å². The third kappa shape index (κ3) is 3.32. The van der Waals surface area contributed by atoms with Gasteiger partial charge in [0, 0.05) is 28.4 Å². The summed E-state index contributed by atoms with van der Waals surface area (Å²) >= 11 is 5.90. The molecule has 1 N–H and O–H groups in total. The van der Waals surface area contributed by atoms with Crippen LogP contribution < -0.4 is 5.32 Å². The van der Waals surface area contributed by atoms with E-state index in [-0.39, 0.29) is 17.5 Å². The molecular formula is C21H13ClN2O3. The fourth-order valence-electron chi connectivity index (χ4n) is 2.74. The zero-order valence-electron chi connectivity index (χ0n) is 14.0. The molecule has 5 nitrogen and oxygen atoms in total. The molecule has 4 aromatic rings. The molecule has 27 heavy (non-hydrogen) atoms. The number of nitrogens with zero attached hydrogens (tertiary/aromatic N) is 1. The van der Waals surface area contributed by atoms with Crippen molar-refractivity contribution in [1.82, 2.24) is 4.98 Å². The maximum Gasteiger partial charge on any atom is 0.257 e. The molecule has 2 heterocycles. The summed E-state index contributed by atoms with van der Waals surface area (Å²) in [5.41, 5.74) is 1.64. The van der Waals surface area contributed by atoms with Crippen molar-refractivity contribution in [3.05, 3.63) is 95.0 Å². The molecule has 2 aromatic carbocycles. The van der Waals surface area contributed by atoms with Crippen molar-refractivity contribution in [2.24, 2.45) is 0 Å². The van der Waals surface area contributed by atoms with E-state index in [1.54, 1.807) is 60.8 Å². The van der Waals surface area contributed by atoms with Gasteiger partial charge < -0.3 is 9.73 Å². The van der Waals surface area contributed by atoms with Crippen molar-refractivity contribution in [3.63, 3.8) is 0 Å². The van der Waals surface area contributed by atoms with E-state index in [1.165, 1.54) is 6.20 Å². The summed E-state index contributed by atoms with van der Waals surface area (Å²) in [6, 6.07) is 17.0. The number of fused-ring (bicyclic) bond motifs is 1. The number of rotatable bonds is 4. The summed E-state index contributed by atoms with van der Waals surface area (Å²) in [6.07, 6.45) is 3.04. The number of furan rings is 1. The zero-order chi connectivity index (χ0) is 18.8. The first-order valence-corrected chi connectivity index (χ1v) is 8.54. The van der Waals surface area contributed by atoms with E-state index in [2.05, 4.69) is 10.3 Å². The number of halogens is 1. The highest BCUT2D eigenvalue weighted by Gasteiger charge is 2.23. The summed E-state index contributed by atoms with van der Waals surface area (Å²) in [6.45, 7) is 0. The Bertz CT molecular complexity index is 1140. The molecule has 0 unspecified atom stereocenters. The largest absolute Gasteiger partial charge is 0.450 e. The van der Waals surface area contributed by atoms with Gasteiger partial charge in [-0.05, 0) is 48.5 Å². The number of para-hydroxylation sites is 1. The molecule has 1 amide bonds. The predicted octanol–water partition coefficient (Wildman–Crippen LogP) is 4.96. The van der Waals surface area contributed by atoms with E-state index >= 15 is 0 Å². The minimum absolute atomic E-state index is 0.0655. The quantitative estimate of drug-likeness (QED) is 0.511. The number of carbonyl (C=O) groups is 2. The van der Waals surface area contributed by atoms with Gasteiger partial charge in [0.1, 0.15) is 5.58 Å². The molecule has 0 aliphatic carbocycles. The maximum atomic E-state index is 13.0. The second-order valence-corrected chi connectivity index (χ2v) is 6.27. The number of carbonyl (C=O) groups excluding carboxylic acids is 2. The second-order valence-electron chi connectivity index (χ2n) is 5.83. The van der Waals surface area contributed by atoms with E-state index in [0.717, 1.165) is 0 Å². The Labute approximate surface area is 159 Å². The van der Waals surface area contributed by atoms with Gasteiger partial charge in [-0.2, -0.15) is 0 Å². The van der Waals surface area contributed by atoms with Gasteiger partial charge in [-0.3, -0.25) is 14.6 Å². The average molecular weight is 377 g/mol. The number of hydrogen-bond donors (Lipinski definition) is 1. The highest BCUT2D eigenvalue weighted by Crippen LogP contribution is 2.33. The standard InChI is InChI=1S/C21H13ClN2O3/c22-15-9-7-13(8-10-15)19(25)20-18(16-5-1-2-6-17(16)27-20)24-21(26)14-4-3-11-23-12-14/h1-12H,(H,24,26). The summed E-state index contributed by atoms with van der Waals surface area (Å²) in [7, 11) is 0. The van der Waals surface area contributed by atoms with Crippen molar-refractivity contribution in [2.75, 3.05) is 5.32 Å². The Morgan fingerprint density at radius 2 is 1.70 bits per heavy atom. The van der Waals surface area contributed by atoms with Crippen LogP contribution >= 0.6 is 11.6 Å². The Kier molecular flexibility index (Phi) is 4.44. The lowest BCUT2D eigenvalue weighted by Crippen LogP contribution is -2.14. The minimum atomic E-state index is -0.375. The van der Waals surface area contributed by atoms with E-state index in [4.69, 9.17) is 16.0 Å². The van der Waals surface area contributed by atoms with Gasteiger partial charge in [-0.15, -0.1) is 0 Å². The number of nitrogens with one attached hydrogen (secondary N) is 1. The van der Waals surface area contributed by atoms with Crippen molar-refractivity contribution < 1.29 is 14.0 Å². The molecule has 0 saturated carbocycles. The molecule has 2 aromatic heterocycles. The first-order chi connectivity index (χ1) is 13.1. The van der Waals surface area contributed by atoms with Gasteiger partial charge in [0.15, 0.2) is 5.76 Å². The van der Waals surface area contributed by atoms with Gasteiger partial charge >= 0.3 is 0 Å².